The maximum absolute atomic E-state index is 4.36. The van der Waals surface area contributed by atoms with Crippen LogP contribution in [0.5, 0.6) is 0 Å². The van der Waals surface area contributed by atoms with Crippen molar-refractivity contribution < 1.29 is 0 Å². The lowest BCUT2D eigenvalue weighted by molar-refractivity contribution is 1.13. The molecule has 0 bridgehead atoms. The van der Waals surface area contributed by atoms with Crippen LogP contribution in [0.3, 0.4) is 0 Å². The zero-order chi connectivity index (χ0) is 9.42. The number of anilines is 1. The van der Waals surface area contributed by atoms with Crippen LogP contribution < -0.4 is 4.90 Å². The molecule has 2 aromatic rings. The summed E-state index contributed by atoms with van der Waals surface area (Å²) in [5.74, 6) is 0. The van der Waals surface area contributed by atoms with Crippen LogP contribution in [0.1, 0.15) is 0 Å². The molecule has 4 heteroatoms. The fraction of sp³-hybridized carbons (Fsp3) is 0.222. The molecule has 1 aromatic carbocycles. The van der Waals surface area contributed by atoms with Crippen LogP contribution in [0, 0.1) is 0 Å². The molecule has 0 amide bonds. The summed E-state index contributed by atoms with van der Waals surface area (Å²) in [7, 11) is 4.06. The second kappa shape index (κ2) is 3.27. The minimum absolute atomic E-state index is 0.943. The molecule has 68 valence electrons. The van der Waals surface area contributed by atoms with Crippen LogP contribution in [0.2, 0.25) is 0 Å². The normalized spacial score (nSPS) is 10.7. The monoisotopic (exact) mass is 256 g/mol. The highest BCUT2D eigenvalue weighted by molar-refractivity contribution is 9.11. The van der Waals surface area contributed by atoms with Crippen molar-refractivity contribution in [1.29, 1.82) is 0 Å². The SMILES string of the molecule is CN(C)c1ccc2sc(Br)nc2c1. The quantitative estimate of drug-likeness (QED) is 0.780. The summed E-state index contributed by atoms with van der Waals surface area (Å²) in [6.45, 7) is 0. The molecule has 0 aliphatic rings. The van der Waals surface area contributed by atoms with Gasteiger partial charge in [0.25, 0.3) is 0 Å². The zero-order valence-corrected chi connectivity index (χ0v) is 9.82. The smallest absolute Gasteiger partial charge is 0.160 e. The average Bonchev–Trinajstić information content (AvgIpc) is 2.42. The van der Waals surface area contributed by atoms with E-state index in [1.807, 2.05) is 14.1 Å². The van der Waals surface area contributed by atoms with Gasteiger partial charge in [-0.2, -0.15) is 0 Å². The van der Waals surface area contributed by atoms with Gasteiger partial charge in [-0.3, -0.25) is 0 Å². The maximum atomic E-state index is 4.36. The summed E-state index contributed by atoms with van der Waals surface area (Å²) in [6, 6.07) is 6.30. The first kappa shape index (κ1) is 8.97. The van der Waals surface area contributed by atoms with Gasteiger partial charge in [-0.15, -0.1) is 11.3 Å². The predicted molar refractivity (Wildman–Crippen MR) is 61.6 cm³/mol. The van der Waals surface area contributed by atoms with E-state index in [-0.39, 0.29) is 0 Å². The topological polar surface area (TPSA) is 16.1 Å². The number of thiazole rings is 1. The minimum atomic E-state index is 0.943. The molecule has 0 atom stereocenters. The molecular weight excluding hydrogens is 248 g/mol. The fourth-order valence-corrected chi connectivity index (χ4v) is 2.55. The first-order chi connectivity index (χ1) is 6.16. The van der Waals surface area contributed by atoms with E-state index in [1.165, 1.54) is 10.4 Å². The Labute approximate surface area is 89.3 Å². The molecule has 0 unspecified atom stereocenters. The molecular formula is C9H9BrN2S. The van der Waals surface area contributed by atoms with Gasteiger partial charge in [0.1, 0.15) is 0 Å². The van der Waals surface area contributed by atoms with E-state index in [0.717, 1.165) is 9.43 Å². The van der Waals surface area contributed by atoms with Crippen molar-refractivity contribution in [3.05, 3.63) is 22.1 Å². The molecule has 13 heavy (non-hydrogen) atoms. The zero-order valence-electron chi connectivity index (χ0n) is 7.41. The van der Waals surface area contributed by atoms with E-state index in [1.54, 1.807) is 11.3 Å². The minimum Gasteiger partial charge on any atom is -0.378 e. The van der Waals surface area contributed by atoms with Crippen LogP contribution >= 0.6 is 27.3 Å². The lowest BCUT2D eigenvalue weighted by Crippen LogP contribution is -2.07. The van der Waals surface area contributed by atoms with Crippen LogP contribution in [0.4, 0.5) is 5.69 Å². The summed E-state index contributed by atoms with van der Waals surface area (Å²) in [5.41, 5.74) is 2.24. The third-order valence-corrected chi connectivity index (χ3v) is 3.35. The van der Waals surface area contributed by atoms with Crippen LogP contribution in [-0.4, -0.2) is 19.1 Å². The Morgan fingerprint density at radius 3 is 2.85 bits per heavy atom. The number of rotatable bonds is 1. The van der Waals surface area contributed by atoms with Gasteiger partial charge in [0.05, 0.1) is 10.2 Å². The lowest BCUT2D eigenvalue weighted by atomic mass is 10.3. The largest absolute Gasteiger partial charge is 0.378 e. The summed E-state index contributed by atoms with van der Waals surface area (Å²) >= 11 is 5.04. The molecule has 0 spiro atoms. The molecule has 1 aromatic heterocycles. The highest BCUT2D eigenvalue weighted by Gasteiger charge is 2.02. The number of aromatic nitrogens is 1. The number of halogens is 1. The summed E-state index contributed by atoms with van der Waals surface area (Å²) in [5, 5.41) is 0. The van der Waals surface area contributed by atoms with Gasteiger partial charge in [-0.05, 0) is 34.1 Å². The van der Waals surface area contributed by atoms with E-state index in [2.05, 4.69) is 44.0 Å². The number of hydrogen-bond donors (Lipinski definition) is 0. The van der Waals surface area contributed by atoms with E-state index < -0.39 is 0 Å². The molecule has 0 N–H and O–H groups in total. The van der Waals surface area contributed by atoms with Gasteiger partial charge in [0.2, 0.25) is 0 Å². The molecule has 0 fully saturated rings. The van der Waals surface area contributed by atoms with Crippen LogP contribution in [0.15, 0.2) is 22.1 Å². The van der Waals surface area contributed by atoms with E-state index >= 15 is 0 Å². The summed E-state index contributed by atoms with van der Waals surface area (Å²) in [4.78, 5) is 6.44. The summed E-state index contributed by atoms with van der Waals surface area (Å²) in [6.07, 6.45) is 0. The van der Waals surface area contributed by atoms with Crippen molar-refractivity contribution in [2.75, 3.05) is 19.0 Å². The van der Waals surface area contributed by atoms with Crippen molar-refractivity contribution in [1.82, 2.24) is 4.98 Å². The van der Waals surface area contributed by atoms with Gasteiger partial charge >= 0.3 is 0 Å². The van der Waals surface area contributed by atoms with Crippen molar-refractivity contribution in [3.8, 4) is 0 Å². The van der Waals surface area contributed by atoms with Crippen molar-refractivity contribution in [2.24, 2.45) is 0 Å². The molecule has 0 aliphatic carbocycles. The Morgan fingerprint density at radius 1 is 1.38 bits per heavy atom. The number of benzene rings is 1. The fourth-order valence-electron chi connectivity index (χ4n) is 1.17. The number of fused-ring (bicyclic) bond motifs is 1. The first-order valence-electron chi connectivity index (χ1n) is 3.90. The third-order valence-electron chi connectivity index (χ3n) is 1.86. The van der Waals surface area contributed by atoms with Gasteiger partial charge in [0, 0.05) is 19.8 Å². The lowest BCUT2D eigenvalue weighted by Gasteiger charge is -2.11. The molecule has 2 rings (SSSR count). The predicted octanol–water partition coefficient (Wildman–Crippen LogP) is 3.12. The van der Waals surface area contributed by atoms with Gasteiger partial charge < -0.3 is 4.90 Å². The Morgan fingerprint density at radius 2 is 2.15 bits per heavy atom. The van der Waals surface area contributed by atoms with Crippen LogP contribution in [0.25, 0.3) is 10.2 Å². The molecule has 0 radical (unpaired) electrons. The van der Waals surface area contributed by atoms with Crippen molar-refractivity contribution >= 4 is 43.2 Å². The molecule has 0 saturated heterocycles. The van der Waals surface area contributed by atoms with Gasteiger partial charge in [-0.25, -0.2) is 4.98 Å². The summed E-state index contributed by atoms with van der Waals surface area (Å²) < 4.78 is 2.16. The average molecular weight is 257 g/mol. The second-order valence-corrected chi connectivity index (χ2v) is 5.32. The number of nitrogens with zero attached hydrogens (tertiary/aromatic N) is 2. The maximum Gasteiger partial charge on any atom is 0.160 e. The van der Waals surface area contributed by atoms with Crippen LogP contribution in [-0.2, 0) is 0 Å². The molecule has 2 nitrogen and oxygen atoms in total. The van der Waals surface area contributed by atoms with Crippen molar-refractivity contribution in [2.45, 2.75) is 0 Å². The molecule has 0 saturated carbocycles. The highest BCUT2D eigenvalue weighted by atomic mass is 79.9. The second-order valence-electron chi connectivity index (χ2n) is 3.01. The molecule has 0 aliphatic heterocycles. The van der Waals surface area contributed by atoms with E-state index in [0.29, 0.717) is 0 Å². The molecule has 1 heterocycles. The Bertz CT molecular complexity index is 436. The Balaban J connectivity index is 2.61. The van der Waals surface area contributed by atoms with Gasteiger partial charge in [-0.1, -0.05) is 0 Å². The van der Waals surface area contributed by atoms with Gasteiger partial charge in [0.15, 0.2) is 3.92 Å². The number of hydrogen-bond acceptors (Lipinski definition) is 3. The standard InChI is InChI=1S/C9H9BrN2S/c1-12(2)6-3-4-8-7(5-6)11-9(10)13-8/h3-5H,1-2H3. The van der Waals surface area contributed by atoms with Crippen molar-refractivity contribution in [3.63, 3.8) is 0 Å². The van der Waals surface area contributed by atoms with E-state index in [9.17, 15) is 0 Å². The Kier molecular flexibility index (Phi) is 2.26. The Hall–Kier alpha value is -0.610. The van der Waals surface area contributed by atoms with E-state index in [4.69, 9.17) is 0 Å². The first-order valence-corrected chi connectivity index (χ1v) is 5.51. The highest BCUT2D eigenvalue weighted by Crippen LogP contribution is 2.28. The third kappa shape index (κ3) is 1.69.